The molecule has 102 valence electrons. The molecule has 1 aromatic carbocycles. The normalized spacial score (nSPS) is 16.5. The van der Waals surface area contributed by atoms with Crippen LogP contribution in [0.3, 0.4) is 0 Å². The first-order valence-corrected chi connectivity index (χ1v) is 6.58. The van der Waals surface area contributed by atoms with Gasteiger partial charge in [-0.15, -0.1) is 0 Å². The van der Waals surface area contributed by atoms with Gasteiger partial charge >= 0.3 is 5.97 Å². The number of hydrogen-bond donors (Lipinski definition) is 0. The van der Waals surface area contributed by atoms with Crippen LogP contribution in [0.1, 0.15) is 30.1 Å². The Hall–Kier alpha value is -1.84. The molecule has 0 spiro atoms. The van der Waals surface area contributed by atoms with E-state index in [1.54, 1.807) is 0 Å². The first kappa shape index (κ1) is 13.6. The molecule has 0 aromatic heterocycles. The van der Waals surface area contributed by atoms with E-state index in [0.717, 1.165) is 24.2 Å². The van der Waals surface area contributed by atoms with Gasteiger partial charge in [-0.3, -0.25) is 9.59 Å². The number of anilines is 1. The van der Waals surface area contributed by atoms with Gasteiger partial charge in [0.05, 0.1) is 13.0 Å². The molecule has 2 rings (SSSR count). The van der Waals surface area contributed by atoms with E-state index in [4.69, 9.17) is 4.74 Å². The molecule has 1 unspecified atom stereocenters. The van der Waals surface area contributed by atoms with Crippen LogP contribution in [0.2, 0.25) is 0 Å². The largest absolute Gasteiger partial charge is 0.469 e. The van der Waals surface area contributed by atoms with Crippen molar-refractivity contribution < 1.29 is 14.3 Å². The average Bonchev–Trinajstić information content (AvgIpc) is 2.59. The first-order valence-electron chi connectivity index (χ1n) is 6.58. The minimum absolute atomic E-state index is 0.184. The van der Waals surface area contributed by atoms with E-state index >= 15 is 0 Å². The lowest BCUT2D eigenvalue weighted by Gasteiger charge is -2.26. The summed E-state index contributed by atoms with van der Waals surface area (Å²) in [5.74, 6) is -0.233. The van der Waals surface area contributed by atoms with Crippen LogP contribution in [-0.4, -0.2) is 32.0 Å². The number of esters is 1. The van der Waals surface area contributed by atoms with Gasteiger partial charge in [0.2, 0.25) is 0 Å². The number of benzene rings is 1. The summed E-state index contributed by atoms with van der Waals surface area (Å²) in [6.45, 7) is 3.22. The first-order chi connectivity index (χ1) is 9.13. The minimum atomic E-state index is -0.215. The third-order valence-electron chi connectivity index (χ3n) is 3.47. The minimum Gasteiger partial charge on any atom is -0.469 e. The molecule has 0 N–H and O–H groups in total. The second-order valence-corrected chi connectivity index (χ2v) is 4.91. The third kappa shape index (κ3) is 2.95. The SMILES string of the molecule is COC(=O)C(C)CN1CCCC(=O)c2ccccc21. The zero-order valence-corrected chi connectivity index (χ0v) is 11.4. The lowest BCUT2D eigenvalue weighted by molar-refractivity contribution is -0.144. The fourth-order valence-corrected chi connectivity index (χ4v) is 2.47. The number of nitrogens with zero attached hydrogens (tertiary/aromatic N) is 1. The molecule has 0 amide bonds. The summed E-state index contributed by atoms with van der Waals surface area (Å²) in [5.41, 5.74) is 1.69. The quantitative estimate of drug-likeness (QED) is 0.783. The Labute approximate surface area is 113 Å². The van der Waals surface area contributed by atoms with Gasteiger partial charge in [-0.2, -0.15) is 0 Å². The fourth-order valence-electron chi connectivity index (χ4n) is 2.47. The molecular formula is C15H19NO3. The van der Waals surface area contributed by atoms with E-state index < -0.39 is 0 Å². The lowest BCUT2D eigenvalue weighted by Crippen LogP contribution is -2.33. The van der Waals surface area contributed by atoms with Crippen molar-refractivity contribution in [1.29, 1.82) is 0 Å². The van der Waals surface area contributed by atoms with Gasteiger partial charge in [0, 0.05) is 30.8 Å². The summed E-state index contributed by atoms with van der Waals surface area (Å²) in [7, 11) is 1.40. The molecule has 4 heteroatoms. The molecule has 4 nitrogen and oxygen atoms in total. The van der Waals surface area contributed by atoms with Crippen molar-refractivity contribution in [3.05, 3.63) is 29.8 Å². The highest BCUT2D eigenvalue weighted by atomic mass is 16.5. The van der Waals surface area contributed by atoms with Crippen LogP contribution in [0.15, 0.2) is 24.3 Å². The number of carbonyl (C=O) groups is 2. The zero-order valence-electron chi connectivity index (χ0n) is 11.4. The van der Waals surface area contributed by atoms with E-state index in [9.17, 15) is 9.59 Å². The number of carbonyl (C=O) groups excluding carboxylic acids is 2. The molecule has 0 fully saturated rings. The highest BCUT2D eigenvalue weighted by Crippen LogP contribution is 2.26. The predicted octanol–water partition coefficient (Wildman–Crippen LogP) is 2.28. The van der Waals surface area contributed by atoms with E-state index in [1.807, 2.05) is 31.2 Å². The fraction of sp³-hybridized carbons (Fsp3) is 0.467. The molecule has 1 aliphatic rings. The Balaban J connectivity index is 2.24. The van der Waals surface area contributed by atoms with E-state index in [0.29, 0.717) is 13.0 Å². The van der Waals surface area contributed by atoms with Crippen molar-refractivity contribution in [3.8, 4) is 0 Å². The molecule has 0 radical (unpaired) electrons. The molecule has 1 aliphatic heterocycles. The number of fused-ring (bicyclic) bond motifs is 1. The third-order valence-corrected chi connectivity index (χ3v) is 3.47. The number of ketones is 1. The molecule has 0 saturated heterocycles. The van der Waals surface area contributed by atoms with E-state index in [-0.39, 0.29) is 17.7 Å². The van der Waals surface area contributed by atoms with Gasteiger partial charge in [-0.05, 0) is 18.6 Å². The highest BCUT2D eigenvalue weighted by Gasteiger charge is 2.23. The smallest absolute Gasteiger partial charge is 0.310 e. The van der Waals surface area contributed by atoms with Crippen molar-refractivity contribution in [1.82, 2.24) is 0 Å². The van der Waals surface area contributed by atoms with Crippen LogP contribution in [0.5, 0.6) is 0 Å². The number of hydrogen-bond acceptors (Lipinski definition) is 4. The van der Waals surface area contributed by atoms with Crippen LogP contribution in [0.25, 0.3) is 0 Å². The van der Waals surface area contributed by atoms with Crippen molar-refractivity contribution in [3.63, 3.8) is 0 Å². The van der Waals surface area contributed by atoms with E-state index in [2.05, 4.69) is 4.90 Å². The summed E-state index contributed by atoms with van der Waals surface area (Å²) in [6, 6.07) is 7.61. The molecular weight excluding hydrogens is 242 g/mol. The molecule has 1 atom stereocenters. The van der Waals surface area contributed by atoms with Crippen molar-refractivity contribution >= 4 is 17.4 Å². The summed E-state index contributed by atoms with van der Waals surface area (Å²) < 4.78 is 4.76. The summed E-state index contributed by atoms with van der Waals surface area (Å²) >= 11 is 0. The second kappa shape index (κ2) is 5.87. The van der Waals surface area contributed by atoms with Crippen molar-refractivity contribution in [2.45, 2.75) is 19.8 Å². The monoisotopic (exact) mass is 261 g/mol. The van der Waals surface area contributed by atoms with Crippen molar-refractivity contribution in [2.24, 2.45) is 5.92 Å². The Morgan fingerprint density at radius 1 is 1.42 bits per heavy atom. The Morgan fingerprint density at radius 2 is 2.16 bits per heavy atom. The number of Topliss-reactive ketones (excluding diaryl/α,β-unsaturated/α-hetero) is 1. The van der Waals surface area contributed by atoms with Crippen LogP contribution in [-0.2, 0) is 9.53 Å². The highest BCUT2D eigenvalue weighted by molar-refractivity contribution is 6.02. The Kier molecular flexibility index (Phi) is 4.20. The second-order valence-electron chi connectivity index (χ2n) is 4.91. The summed E-state index contributed by atoms with van der Waals surface area (Å²) in [4.78, 5) is 25.7. The van der Waals surface area contributed by atoms with Gasteiger partial charge in [0.25, 0.3) is 0 Å². The lowest BCUT2D eigenvalue weighted by atomic mass is 10.1. The predicted molar refractivity (Wildman–Crippen MR) is 73.4 cm³/mol. The standard InChI is InChI=1S/C15H19NO3/c1-11(15(18)19-2)10-16-9-5-8-14(17)12-6-3-4-7-13(12)16/h3-4,6-7,11H,5,8-10H2,1-2H3. The molecule has 0 aliphatic carbocycles. The summed E-state index contributed by atoms with van der Waals surface area (Å²) in [5, 5.41) is 0. The zero-order chi connectivity index (χ0) is 13.8. The van der Waals surface area contributed by atoms with Crippen LogP contribution in [0, 0.1) is 5.92 Å². The van der Waals surface area contributed by atoms with Crippen LogP contribution >= 0.6 is 0 Å². The number of methoxy groups -OCH3 is 1. The van der Waals surface area contributed by atoms with Gasteiger partial charge < -0.3 is 9.64 Å². The van der Waals surface area contributed by atoms with Gasteiger partial charge in [0.1, 0.15) is 0 Å². The maximum atomic E-state index is 12.0. The van der Waals surface area contributed by atoms with Gasteiger partial charge in [-0.1, -0.05) is 19.1 Å². The topological polar surface area (TPSA) is 46.6 Å². The summed E-state index contributed by atoms with van der Waals surface area (Å²) in [6.07, 6.45) is 1.39. The molecule has 1 aromatic rings. The molecule has 0 bridgehead atoms. The Morgan fingerprint density at radius 3 is 2.89 bits per heavy atom. The molecule has 19 heavy (non-hydrogen) atoms. The number of para-hydroxylation sites is 1. The van der Waals surface area contributed by atoms with E-state index in [1.165, 1.54) is 7.11 Å². The average molecular weight is 261 g/mol. The van der Waals surface area contributed by atoms with Gasteiger partial charge in [0.15, 0.2) is 5.78 Å². The Bertz CT molecular complexity index is 484. The molecule has 1 heterocycles. The van der Waals surface area contributed by atoms with Crippen LogP contribution in [0.4, 0.5) is 5.69 Å². The molecule has 0 saturated carbocycles. The van der Waals surface area contributed by atoms with Gasteiger partial charge in [-0.25, -0.2) is 0 Å². The number of rotatable bonds is 3. The number of ether oxygens (including phenoxy) is 1. The van der Waals surface area contributed by atoms with Crippen LogP contribution < -0.4 is 4.90 Å². The maximum Gasteiger partial charge on any atom is 0.310 e. The maximum absolute atomic E-state index is 12.0. The van der Waals surface area contributed by atoms with Crippen molar-refractivity contribution in [2.75, 3.05) is 25.1 Å².